The molecule has 7 heteroatoms. The Balaban J connectivity index is 1.38. The largest absolute Gasteiger partial charge is 0.378 e. The van der Waals surface area contributed by atoms with Crippen LogP contribution in [0.15, 0.2) is 30.7 Å². The van der Waals surface area contributed by atoms with Gasteiger partial charge in [0.2, 0.25) is 0 Å². The van der Waals surface area contributed by atoms with Crippen molar-refractivity contribution < 1.29 is 4.74 Å². The number of hydrogen-bond acceptors (Lipinski definition) is 6. The number of nitrogens with zero attached hydrogens (tertiary/aromatic N) is 5. The molecule has 146 valence electrons. The zero-order valence-corrected chi connectivity index (χ0v) is 16.2. The van der Waals surface area contributed by atoms with E-state index >= 15 is 0 Å². The van der Waals surface area contributed by atoms with E-state index in [1.807, 2.05) is 17.1 Å². The van der Waals surface area contributed by atoms with Gasteiger partial charge in [0.25, 0.3) is 0 Å². The van der Waals surface area contributed by atoms with Gasteiger partial charge in [0.15, 0.2) is 0 Å². The number of pyridine rings is 1. The number of ether oxygens (including phenoxy) is 1. The highest BCUT2D eigenvalue weighted by Gasteiger charge is 2.22. The predicted octanol–water partition coefficient (Wildman–Crippen LogP) is 2.61. The number of hydrogen-bond donors (Lipinski definition) is 1. The van der Waals surface area contributed by atoms with Crippen LogP contribution in [0.2, 0.25) is 0 Å². The van der Waals surface area contributed by atoms with E-state index < -0.39 is 0 Å². The maximum Gasteiger partial charge on any atom is 0.128 e. The number of anilines is 3. The van der Waals surface area contributed by atoms with Crippen molar-refractivity contribution in [3.8, 4) is 0 Å². The third kappa shape index (κ3) is 4.53. The Labute approximate surface area is 161 Å². The molecule has 0 unspecified atom stereocenters. The first kappa shape index (κ1) is 18.1. The maximum atomic E-state index is 5.46. The summed E-state index contributed by atoms with van der Waals surface area (Å²) in [6.45, 7) is 8.74. The van der Waals surface area contributed by atoms with Gasteiger partial charge >= 0.3 is 0 Å². The van der Waals surface area contributed by atoms with E-state index in [0.717, 1.165) is 58.2 Å². The molecular formula is C20H30N6O. The van der Waals surface area contributed by atoms with Crippen LogP contribution < -0.4 is 15.1 Å². The van der Waals surface area contributed by atoms with Crippen molar-refractivity contribution >= 4 is 17.2 Å². The molecule has 0 saturated carbocycles. The summed E-state index contributed by atoms with van der Waals surface area (Å²) in [6.07, 6.45) is 9.53. The number of rotatable bonds is 6. The van der Waals surface area contributed by atoms with Gasteiger partial charge in [-0.25, -0.2) is 4.98 Å². The number of morpholine rings is 1. The van der Waals surface area contributed by atoms with Crippen LogP contribution in [-0.4, -0.2) is 60.2 Å². The summed E-state index contributed by atoms with van der Waals surface area (Å²) < 4.78 is 7.50. The van der Waals surface area contributed by atoms with Crippen molar-refractivity contribution in [3.63, 3.8) is 0 Å². The lowest BCUT2D eigenvalue weighted by Crippen LogP contribution is -2.42. The zero-order chi connectivity index (χ0) is 18.5. The molecule has 2 aromatic heterocycles. The first-order chi connectivity index (χ1) is 13.3. The van der Waals surface area contributed by atoms with Crippen molar-refractivity contribution in [1.82, 2.24) is 14.8 Å². The summed E-state index contributed by atoms with van der Waals surface area (Å²) in [5.74, 6) is 0.965. The molecule has 0 aromatic carbocycles. The Morgan fingerprint density at radius 1 is 1.19 bits per heavy atom. The van der Waals surface area contributed by atoms with Gasteiger partial charge in [-0.05, 0) is 25.3 Å². The average molecular weight is 371 g/mol. The molecule has 0 aliphatic carbocycles. The average Bonchev–Trinajstić information content (AvgIpc) is 3.18. The van der Waals surface area contributed by atoms with Crippen LogP contribution in [0.5, 0.6) is 0 Å². The van der Waals surface area contributed by atoms with Crippen LogP contribution in [0.25, 0.3) is 0 Å². The maximum absolute atomic E-state index is 5.46. The number of aromatic nitrogens is 3. The van der Waals surface area contributed by atoms with Crippen LogP contribution in [0, 0.1) is 0 Å². The van der Waals surface area contributed by atoms with E-state index in [2.05, 4.69) is 50.5 Å². The molecule has 4 rings (SSSR count). The van der Waals surface area contributed by atoms with E-state index in [0.29, 0.717) is 6.04 Å². The molecule has 1 atom stereocenters. The Morgan fingerprint density at radius 2 is 2.07 bits per heavy atom. The molecule has 4 heterocycles. The lowest BCUT2D eigenvalue weighted by molar-refractivity contribution is 0.122. The van der Waals surface area contributed by atoms with E-state index in [4.69, 9.17) is 4.74 Å². The Kier molecular flexibility index (Phi) is 5.77. The minimum Gasteiger partial charge on any atom is -0.378 e. The van der Waals surface area contributed by atoms with Gasteiger partial charge < -0.3 is 19.9 Å². The molecule has 0 bridgehead atoms. The van der Waals surface area contributed by atoms with E-state index in [1.165, 1.54) is 24.2 Å². The summed E-state index contributed by atoms with van der Waals surface area (Å²) in [7, 11) is 0. The van der Waals surface area contributed by atoms with Crippen molar-refractivity contribution in [1.29, 1.82) is 0 Å². The van der Waals surface area contributed by atoms with Crippen LogP contribution in [0.4, 0.5) is 17.2 Å². The summed E-state index contributed by atoms with van der Waals surface area (Å²) in [5.41, 5.74) is 2.45. The molecule has 27 heavy (non-hydrogen) atoms. The molecule has 0 spiro atoms. The summed E-state index contributed by atoms with van der Waals surface area (Å²) in [4.78, 5) is 9.35. The van der Waals surface area contributed by atoms with Crippen LogP contribution in [0.3, 0.4) is 0 Å². The normalized spacial score (nSPS) is 20.7. The second-order valence-electron chi connectivity index (χ2n) is 7.39. The molecule has 1 N–H and O–H groups in total. The van der Waals surface area contributed by atoms with Gasteiger partial charge in [0.05, 0.1) is 25.1 Å². The second kappa shape index (κ2) is 8.61. The van der Waals surface area contributed by atoms with Crippen LogP contribution in [-0.2, 0) is 11.3 Å². The first-order valence-electron chi connectivity index (χ1n) is 10.1. The van der Waals surface area contributed by atoms with Gasteiger partial charge in [-0.3, -0.25) is 4.68 Å². The topological polar surface area (TPSA) is 58.5 Å². The fourth-order valence-electron chi connectivity index (χ4n) is 3.92. The Bertz CT molecular complexity index is 727. The number of nitrogens with one attached hydrogen (secondary N) is 1. The van der Waals surface area contributed by atoms with Crippen molar-refractivity contribution in [2.75, 3.05) is 54.5 Å². The molecule has 2 saturated heterocycles. The SMILES string of the molecule is CCCn1cc(N2CCC[C@@H](Nc3cc(N4CCOCC4)ccn3)C2)cn1. The fraction of sp³-hybridized carbons (Fsp3) is 0.600. The molecule has 0 amide bonds. The summed E-state index contributed by atoms with van der Waals surface area (Å²) in [5, 5.41) is 8.13. The third-order valence-corrected chi connectivity index (χ3v) is 5.33. The smallest absolute Gasteiger partial charge is 0.128 e. The monoisotopic (exact) mass is 370 g/mol. The van der Waals surface area contributed by atoms with Crippen molar-refractivity contribution in [3.05, 3.63) is 30.7 Å². The van der Waals surface area contributed by atoms with Crippen molar-refractivity contribution in [2.45, 2.75) is 38.8 Å². The zero-order valence-electron chi connectivity index (χ0n) is 16.2. The van der Waals surface area contributed by atoms with Gasteiger partial charge in [-0.1, -0.05) is 6.92 Å². The molecule has 0 radical (unpaired) electrons. The molecule has 2 aliphatic rings. The third-order valence-electron chi connectivity index (χ3n) is 5.33. The van der Waals surface area contributed by atoms with Crippen molar-refractivity contribution in [2.24, 2.45) is 0 Å². The lowest BCUT2D eigenvalue weighted by atomic mass is 10.1. The van der Waals surface area contributed by atoms with Crippen LogP contribution in [0.1, 0.15) is 26.2 Å². The lowest BCUT2D eigenvalue weighted by Gasteiger charge is -2.34. The van der Waals surface area contributed by atoms with E-state index in [1.54, 1.807) is 0 Å². The van der Waals surface area contributed by atoms with Gasteiger partial charge in [-0.2, -0.15) is 5.10 Å². The number of piperidine rings is 1. The minimum atomic E-state index is 0.403. The van der Waals surface area contributed by atoms with Crippen LogP contribution >= 0.6 is 0 Å². The highest BCUT2D eigenvalue weighted by Crippen LogP contribution is 2.23. The molecule has 2 aromatic rings. The molecule has 2 aliphatic heterocycles. The first-order valence-corrected chi connectivity index (χ1v) is 10.1. The Morgan fingerprint density at radius 3 is 2.93 bits per heavy atom. The minimum absolute atomic E-state index is 0.403. The van der Waals surface area contributed by atoms with Gasteiger partial charge in [-0.15, -0.1) is 0 Å². The van der Waals surface area contributed by atoms with Gasteiger partial charge in [0.1, 0.15) is 5.82 Å². The van der Waals surface area contributed by atoms with E-state index in [9.17, 15) is 0 Å². The van der Waals surface area contributed by atoms with E-state index in [-0.39, 0.29) is 0 Å². The standard InChI is InChI=1S/C20H30N6O/c1-2-7-26-16-19(14-22-26)25-8-3-4-17(15-25)23-20-13-18(5-6-21-20)24-9-11-27-12-10-24/h5-6,13-14,16-17H,2-4,7-12,15H2,1H3,(H,21,23)/t17-/m1/s1. The second-order valence-corrected chi connectivity index (χ2v) is 7.39. The molecule has 2 fully saturated rings. The van der Waals surface area contributed by atoms with Gasteiger partial charge in [0, 0.05) is 62.9 Å². The highest BCUT2D eigenvalue weighted by molar-refractivity contribution is 5.55. The Hall–Kier alpha value is -2.28. The molecular weight excluding hydrogens is 340 g/mol. The molecule has 7 nitrogen and oxygen atoms in total. The predicted molar refractivity (Wildman–Crippen MR) is 109 cm³/mol. The highest BCUT2D eigenvalue weighted by atomic mass is 16.5. The summed E-state index contributed by atoms with van der Waals surface area (Å²) >= 11 is 0. The number of aryl methyl sites for hydroxylation is 1. The fourth-order valence-corrected chi connectivity index (χ4v) is 3.92. The quantitative estimate of drug-likeness (QED) is 0.844. The summed E-state index contributed by atoms with van der Waals surface area (Å²) in [6, 6.07) is 4.66.